The molecule has 0 aliphatic carbocycles. The first-order valence-corrected chi connectivity index (χ1v) is 6.32. The molecule has 92 valence electrons. The Balaban J connectivity index is 1.81. The maximum absolute atomic E-state index is 12.2. The van der Waals surface area contributed by atoms with E-state index in [2.05, 4.69) is 5.32 Å². The summed E-state index contributed by atoms with van der Waals surface area (Å²) in [4.78, 5) is 14.2. The molecule has 2 fully saturated rings. The second kappa shape index (κ2) is 5.64. The number of likely N-dealkylation sites (tertiary alicyclic amines) is 1. The molecule has 0 spiro atoms. The van der Waals surface area contributed by atoms with E-state index >= 15 is 0 Å². The van der Waals surface area contributed by atoms with Crippen LogP contribution in [0.15, 0.2) is 0 Å². The molecule has 0 aromatic rings. The fourth-order valence-corrected chi connectivity index (χ4v) is 2.68. The number of hydrogen-bond acceptors (Lipinski definition) is 3. The highest BCUT2D eigenvalue weighted by Crippen LogP contribution is 2.21. The molecule has 1 amide bonds. The van der Waals surface area contributed by atoms with E-state index in [0.29, 0.717) is 18.4 Å². The van der Waals surface area contributed by atoms with Crippen LogP contribution in [-0.4, -0.2) is 50.7 Å². The minimum atomic E-state index is 0.127. The van der Waals surface area contributed by atoms with E-state index < -0.39 is 0 Å². The Labute approximate surface area is 97.3 Å². The third-order valence-electron chi connectivity index (χ3n) is 3.60. The van der Waals surface area contributed by atoms with Crippen LogP contribution in [0.5, 0.6) is 0 Å². The molecule has 0 aromatic carbocycles. The predicted molar refractivity (Wildman–Crippen MR) is 62.2 cm³/mol. The summed E-state index contributed by atoms with van der Waals surface area (Å²) in [5, 5.41) is 3.19. The van der Waals surface area contributed by atoms with E-state index in [1.807, 2.05) is 11.9 Å². The third kappa shape index (κ3) is 2.74. The maximum Gasteiger partial charge on any atom is 0.228 e. The summed E-state index contributed by atoms with van der Waals surface area (Å²) < 4.78 is 5.38. The van der Waals surface area contributed by atoms with Crippen LogP contribution in [-0.2, 0) is 9.53 Å². The first-order chi connectivity index (χ1) is 7.81. The predicted octanol–water partition coefficient (Wildman–Crippen LogP) is 0.481. The highest BCUT2D eigenvalue weighted by atomic mass is 16.5. The molecule has 0 radical (unpaired) electrons. The van der Waals surface area contributed by atoms with Gasteiger partial charge in [-0.2, -0.15) is 0 Å². The van der Waals surface area contributed by atoms with Crippen molar-refractivity contribution in [2.45, 2.75) is 19.3 Å². The van der Waals surface area contributed by atoms with Crippen LogP contribution in [0.3, 0.4) is 0 Å². The lowest BCUT2D eigenvalue weighted by molar-refractivity contribution is -0.138. The number of carbonyl (C=O) groups excluding carboxylic acids is 1. The van der Waals surface area contributed by atoms with E-state index in [-0.39, 0.29) is 5.92 Å². The minimum absolute atomic E-state index is 0.127. The molecule has 2 unspecified atom stereocenters. The lowest BCUT2D eigenvalue weighted by Gasteiger charge is -2.26. The molecule has 2 heterocycles. The van der Waals surface area contributed by atoms with Crippen molar-refractivity contribution in [2.24, 2.45) is 11.8 Å². The minimum Gasteiger partial charge on any atom is -0.381 e. The molecule has 0 bridgehead atoms. The first kappa shape index (κ1) is 11.9. The SMILES string of the molecule is CNCC1CCN(C(=O)C2CCCOC2)C1. The summed E-state index contributed by atoms with van der Waals surface area (Å²) >= 11 is 0. The monoisotopic (exact) mass is 226 g/mol. The van der Waals surface area contributed by atoms with Crippen molar-refractivity contribution < 1.29 is 9.53 Å². The van der Waals surface area contributed by atoms with Crippen LogP contribution in [0.1, 0.15) is 19.3 Å². The molecule has 0 saturated carbocycles. The molecule has 0 aromatic heterocycles. The Morgan fingerprint density at radius 3 is 3.06 bits per heavy atom. The second-order valence-electron chi connectivity index (χ2n) is 4.91. The average Bonchev–Trinajstić information content (AvgIpc) is 2.78. The summed E-state index contributed by atoms with van der Waals surface area (Å²) in [5.41, 5.74) is 0. The highest BCUT2D eigenvalue weighted by Gasteiger charge is 2.31. The molecular formula is C12H22N2O2. The van der Waals surface area contributed by atoms with Gasteiger partial charge in [0.05, 0.1) is 12.5 Å². The van der Waals surface area contributed by atoms with Crippen molar-refractivity contribution in [1.29, 1.82) is 0 Å². The molecule has 2 aliphatic rings. The molecule has 2 atom stereocenters. The van der Waals surface area contributed by atoms with Crippen molar-refractivity contribution in [2.75, 3.05) is 39.9 Å². The van der Waals surface area contributed by atoms with Crippen molar-refractivity contribution in [3.63, 3.8) is 0 Å². The zero-order chi connectivity index (χ0) is 11.4. The number of carbonyl (C=O) groups is 1. The van der Waals surface area contributed by atoms with Gasteiger partial charge in [0.1, 0.15) is 0 Å². The zero-order valence-corrected chi connectivity index (χ0v) is 10.1. The van der Waals surface area contributed by atoms with Crippen LogP contribution in [0, 0.1) is 11.8 Å². The fourth-order valence-electron chi connectivity index (χ4n) is 2.68. The quantitative estimate of drug-likeness (QED) is 0.761. The van der Waals surface area contributed by atoms with Crippen molar-refractivity contribution >= 4 is 5.91 Å². The van der Waals surface area contributed by atoms with Crippen LogP contribution in [0.2, 0.25) is 0 Å². The van der Waals surface area contributed by atoms with E-state index in [1.54, 1.807) is 0 Å². The molecule has 4 nitrogen and oxygen atoms in total. The van der Waals surface area contributed by atoms with Gasteiger partial charge in [-0.1, -0.05) is 0 Å². The summed E-state index contributed by atoms with van der Waals surface area (Å²) in [6, 6.07) is 0. The molecule has 16 heavy (non-hydrogen) atoms. The summed E-state index contributed by atoms with van der Waals surface area (Å²) in [6.45, 7) is 4.33. The summed E-state index contributed by atoms with van der Waals surface area (Å²) in [6.07, 6.45) is 3.18. The summed E-state index contributed by atoms with van der Waals surface area (Å²) in [5.74, 6) is 1.08. The fraction of sp³-hybridized carbons (Fsp3) is 0.917. The van der Waals surface area contributed by atoms with Crippen LogP contribution < -0.4 is 5.32 Å². The van der Waals surface area contributed by atoms with Crippen LogP contribution >= 0.6 is 0 Å². The van der Waals surface area contributed by atoms with Gasteiger partial charge in [0, 0.05) is 19.7 Å². The second-order valence-corrected chi connectivity index (χ2v) is 4.91. The van der Waals surface area contributed by atoms with E-state index in [0.717, 1.165) is 45.5 Å². The standard InChI is InChI=1S/C12H22N2O2/c1-13-7-10-4-5-14(8-10)12(15)11-3-2-6-16-9-11/h10-11,13H,2-9H2,1H3. The molecule has 1 N–H and O–H groups in total. The normalized spacial score (nSPS) is 30.7. The smallest absolute Gasteiger partial charge is 0.228 e. The number of ether oxygens (including phenoxy) is 1. The average molecular weight is 226 g/mol. The first-order valence-electron chi connectivity index (χ1n) is 6.32. The molecule has 2 rings (SSSR count). The topological polar surface area (TPSA) is 41.6 Å². The van der Waals surface area contributed by atoms with Gasteiger partial charge in [0.15, 0.2) is 0 Å². The maximum atomic E-state index is 12.2. The van der Waals surface area contributed by atoms with Crippen LogP contribution in [0.25, 0.3) is 0 Å². The van der Waals surface area contributed by atoms with Crippen LogP contribution in [0.4, 0.5) is 0 Å². The Bertz CT molecular complexity index is 239. The lowest BCUT2D eigenvalue weighted by Crippen LogP contribution is -2.38. The Morgan fingerprint density at radius 1 is 1.50 bits per heavy atom. The van der Waals surface area contributed by atoms with E-state index in [1.165, 1.54) is 0 Å². The van der Waals surface area contributed by atoms with Crippen molar-refractivity contribution in [3.05, 3.63) is 0 Å². The number of hydrogen-bond donors (Lipinski definition) is 1. The van der Waals surface area contributed by atoms with Gasteiger partial charge in [0.2, 0.25) is 5.91 Å². The third-order valence-corrected chi connectivity index (χ3v) is 3.60. The molecule has 2 saturated heterocycles. The molecular weight excluding hydrogens is 204 g/mol. The number of amides is 1. The van der Waals surface area contributed by atoms with Gasteiger partial charge in [-0.25, -0.2) is 0 Å². The molecule has 4 heteroatoms. The molecule has 2 aliphatic heterocycles. The Kier molecular flexibility index (Phi) is 4.18. The Hall–Kier alpha value is -0.610. The van der Waals surface area contributed by atoms with Gasteiger partial charge in [-0.05, 0) is 38.8 Å². The van der Waals surface area contributed by atoms with Gasteiger partial charge in [-0.15, -0.1) is 0 Å². The summed E-state index contributed by atoms with van der Waals surface area (Å²) in [7, 11) is 1.97. The van der Waals surface area contributed by atoms with Gasteiger partial charge in [-0.3, -0.25) is 4.79 Å². The number of rotatable bonds is 3. The van der Waals surface area contributed by atoms with Gasteiger partial charge in [0.25, 0.3) is 0 Å². The van der Waals surface area contributed by atoms with Crippen molar-refractivity contribution in [1.82, 2.24) is 10.2 Å². The van der Waals surface area contributed by atoms with Gasteiger partial charge < -0.3 is 15.0 Å². The zero-order valence-electron chi connectivity index (χ0n) is 10.1. The lowest BCUT2D eigenvalue weighted by atomic mass is 10.0. The van der Waals surface area contributed by atoms with Gasteiger partial charge >= 0.3 is 0 Å². The highest BCUT2D eigenvalue weighted by molar-refractivity contribution is 5.79. The largest absolute Gasteiger partial charge is 0.381 e. The number of nitrogens with one attached hydrogen (secondary N) is 1. The Morgan fingerprint density at radius 2 is 2.38 bits per heavy atom. The number of nitrogens with zero attached hydrogens (tertiary/aromatic N) is 1. The van der Waals surface area contributed by atoms with E-state index in [4.69, 9.17) is 4.74 Å². The van der Waals surface area contributed by atoms with E-state index in [9.17, 15) is 4.79 Å². The van der Waals surface area contributed by atoms with Crippen molar-refractivity contribution in [3.8, 4) is 0 Å².